The number of aryl methyl sites for hydroxylation is 2. The second-order valence-corrected chi connectivity index (χ2v) is 12.3. The first-order valence-electron chi connectivity index (χ1n) is 13.7. The molecule has 2 amide bonds. The molecular weight excluding hydrogens is 538 g/mol. The van der Waals surface area contributed by atoms with Crippen LogP contribution in [-0.4, -0.2) is 57.1 Å². The van der Waals surface area contributed by atoms with Gasteiger partial charge < -0.3 is 15.0 Å². The van der Waals surface area contributed by atoms with Crippen molar-refractivity contribution in [2.75, 3.05) is 24.2 Å². The van der Waals surface area contributed by atoms with Crippen LogP contribution in [-0.2, 0) is 32.6 Å². The minimum Gasteiger partial charge on any atom is -0.497 e. The summed E-state index contributed by atoms with van der Waals surface area (Å²) in [6, 6.07) is 21.1. The molecule has 0 radical (unpaired) electrons. The van der Waals surface area contributed by atoms with E-state index < -0.39 is 28.5 Å². The summed E-state index contributed by atoms with van der Waals surface area (Å²) in [5.41, 5.74) is 3.96. The number of benzene rings is 3. The molecule has 2 unspecified atom stereocenters. The van der Waals surface area contributed by atoms with Crippen molar-refractivity contribution in [2.24, 2.45) is 0 Å². The monoisotopic (exact) mass is 579 g/mol. The molecule has 8 nitrogen and oxygen atoms in total. The van der Waals surface area contributed by atoms with E-state index in [1.807, 2.05) is 82.3 Å². The molecule has 220 valence electrons. The highest BCUT2D eigenvalue weighted by molar-refractivity contribution is 7.92. The van der Waals surface area contributed by atoms with Crippen molar-refractivity contribution in [2.45, 2.75) is 59.2 Å². The Balaban J connectivity index is 2.08. The Morgan fingerprint density at radius 2 is 1.61 bits per heavy atom. The van der Waals surface area contributed by atoms with Gasteiger partial charge in [0.05, 0.1) is 19.1 Å². The number of rotatable bonds is 13. The summed E-state index contributed by atoms with van der Waals surface area (Å²) < 4.78 is 32.4. The van der Waals surface area contributed by atoms with Crippen molar-refractivity contribution < 1.29 is 22.7 Å². The molecule has 41 heavy (non-hydrogen) atoms. The summed E-state index contributed by atoms with van der Waals surface area (Å²) in [4.78, 5) is 29.4. The Bertz CT molecular complexity index is 1440. The van der Waals surface area contributed by atoms with Gasteiger partial charge in [-0.3, -0.25) is 13.9 Å². The molecule has 9 heteroatoms. The lowest BCUT2D eigenvalue weighted by atomic mass is 10.0. The second kappa shape index (κ2) is 14.2. The summed E-state index contributed by atoms with van der Waals surface area (Å²) in [6.45, 7) is 7.36. The fraction of sp³-hybridized carbons (Fsp3) is 0.375. The maximum Gasteiger partial charge on any atom is 0.244 e. The molecule has 0 heterocycles. The standard InChI is InChI=1S/C32H41N3O5S/c1-7-25(4)33-32(37)30(20-26-12-9-8-10-13-26)34(21-27-14-11-15-29(19-27)40-5)31(36)22-35(41(6,38)39)28-17-16-23(2)24(3)18-28/h8-19,25,30H,7,20-22H2,1-6H3,(H,33,37). The second-order valence-electron chi connectivity index (χ2n) is 10.4. The summed E-state index contributed by atoms with van der Waals surface area (Å²) in [5, 5.41) is 3.03. The van der Waals surface area contributed by atoms with Crippen LogP contribution in [0.5, 0.6) is 5.75 Å². The quantitative estimate of drug-likeness (QED) is 0.319. The lowest BCUT2D eigenvalue weighted by Crippen LogP contribution is -2.54. The van der Waals surface area contributed by atoms with E-state index >= 15 is 0 Å². The van der Waals surface area contributed by atoms with Gasteiger partial charge in [-0.05, 0) is 73.7 Å². The van der Waals surface area contributed by atoms with Crippen LogP contribution in [0, 0.1) is 13.8 Å². The molecule has 0 spiro atoms. The molecule has 0 aliphatic carbocycles. The molecule has 1 N–H and O–H groups in total. The predicted molar refractivity (Wildman–Crippen MR) is 163 cm³/mol. The van der Waals surface area contributed by atoms with Crippen LogP contribution < -0.4 is 14.4 Å². The molecular formula is C32H41N3O5S. The van der Waals surface area contributed by atoms with Gasteiger partial charge in [-0.15, -0.1) is 0 Å². The van der Waals surface area contributed by atoms with Crippen LogP contribution in [0.2, 0.25) is 0 Å². The molecule has 0 aliphatic rings. The van der Waals surface area contributed by atoms with Crippen molar-refractivity contribution in [3.63, 3.8) is 0 Å². The smallest absolute Gasteiger partial charge is 0.244 e. The zero-order valence-electron chi connectivity index (χ0n) is 24.8. The fourth-order valence-corrected chi connectivity index (χ4v) is 5.30. The van der Waals surface area contributed by atoms with E-state index in [-0.39, 0.29) is 24.9 Å². The average Bonchev–Trinajstić information content (AvgIpc) is 2.94. The molecule has 2 atom stereocenters. The Kier molecular flexibility index (Phi) is 10.9. The molecule has 0 fully saturated rings. The fourth-order valence-electron chi connectivity index (χ4n) is 4.46. The normalized spacial score (nSPS) is 12.7. The van der Waals surface area contributed by atoms with Gasteiger partial charge >= 0.3 is 0 Å². The highest BCUT2D eigenvalue weighted by atomic mass is 32.2. The number of carbonyl (C=O) groups is 2. The van der Waals surface area contributed by atoms with Crippen LogP contribution in [0.1, 0.15) is 42.5 Å². The van der Waals surface area contributed by atoms with Gasteiger partial charge in [-0.1, -0.05) is 55.5 Å². The van der Waals surface area contributed by atoms with Gasteiger partial charge in [0.1, 0.15) is 18.3 Å². The van der Waals surface area contributed by atoms with Crippen LogP contribution in [0.25, 0.3) is 0 Å². The number of nitrogens with zero attached hydrogens (tertiary/aromatic N) is 2. The Morgan fingerprint density at radius 3 is 2.22 bits per heavy atom. The van der Waals surface area contributed by atoms with E-state index in [2.05, 4.69) is 5.32 Å². The lowest BCUT2D eigenvalue weighted by molar-refractivity contribution is -0.140. The Hall–Kier alpha value is -3.85. The molecule has 3 aromatic rings. The summed E-state index contributed by atoms with van der Waals surface area (Å²) in [5.74, 6) is -0.167. The lowest BCUT2D eigenvalue weighted by Gasteiger charge is -2.34. The first-order chi connectivity index (χ1) is 19.4. The number of nitrogens with one attached hydrogen (secondary N) is 1. The molecule has 0 aliphatic heterocycles. The number of carbonyl (C=O) groups excluding carboxylic acids is 2. The highest BCUT2D eigenvalue weighted by Gasteiger charge is 2.33. The van der Waals surface area contributed by atoms with Crippen molar-refractivity contribution >= 4 is 27.5 Å². The number of hydrogen-bond donors (Lipinski definition) is 1. The number of methoxy groups -OCH3 is 1. The van der Waals surface area contributed by atoms with Crippen LogP contribution >= 0.6 is 0 Å². The number of hydrogen-bond acceptors (Lipinski definition) is 5. The number of anilines is 1. The molecule has 0 aromatic heterocycles. The maximum atomic E-state index is 14.2. The van der Waals surface area contributed by atoms with Gasteiger partial charge in [0.25, 0.3) is 0 Å². The van der Waals surface area contributed by atoms with E-state index in [4.69, 9.17) is 4.74 Å². The van der Waals surface area contributed by atoms with Gasteiger partial charge in [-0.25, -0.2) is 8.42 Å². The van der Waals surface area contributed by atoms with Gasteiger partial charge in [0.2, 0.25) is 21.8 Å². The minimum atomic E-state index is -3.82. The zero-order valence-corrected chi connectivity index (χ0v) is 25.6. The van der Waals surface area contributed by atoms with E-state index in [1.54, 1.807) is 25.3 Å². The SMILES string of the molecule is CCC(C)NC(=O)C(Cc1ccccc1)N(Cc1cccc(OC)c1)C(=O)CN(c1ccc(C)c(C)c1)S(C)(=O)=O. The van der Waals surface area contributed by atoms with Crippen molar-refractivity contribution in [3.05, 3.63) is 95.1 Å². The number of sulfonamides is 1. The molecule has 3 rings (SSSR count). The first-order valence-corrected chi connectivity index (χ1v) is 15.6. The van der Waals surface area contributed by atoms with Crippen LogP contribution in [0.15, 0.2) is 72.8 Å². The van der Waals surface area contributed by atoms with E-state index in [1.165, 1.54) is 4.90 Å². The topological polar surface area (TPSA) is 96.0 Å². The predicted octanol–water partition coefficient (Wildman–Crippen LogP) is 4.63. The summed E-state index contributed by atoms with van der Waals surface area (Å²) >= 11 is 0. The summed E-state index contributed by atoms with van der Waals surface area (Å²) in [6.07, 6.45) is 2.07. The maximum absolute atomic E-state index is 14.2. The molecule has 3 aromatic carbocycles. The number of ether oxygens (including phenoxy) is 1. The molecule has 0 saturated carbocycles. The third-order valence-electron chi connectivity index (χ3n) is 7.22. The Labute approximate surface area is 244 Å². The van der Waals surface area contributed by atoms with Crippen LogP contribution in [0.3, 0.4) is 0 Å². The van der Waals surface area contributed by atoms with Gasteiger partial charge in [-0.2, -0.15) is 0 Å². The largest absolute Gasteiger partial charge is 0.497 e. The van der Waals surface area contributed by atoms with Crippen molar-refractivity contribution in [3.8, 4) is 5.75 Å². The third kappa shape index (κ3) is 8.82. The number of amides is 2. The molecule has 0 saturated heterocycles. The zero-order chi connectivity index (χ0) is 30.2. The van der Waals surface area contributed by atoms with Crippen molar-refractivity contribution in [1.29, 1.82) is 0 Å². The van der Waals surface area contributed by atoms with Crippen LogP contribution in [0.4, 0.5) is 5.69 Å². The molecule has 0 bridgehead atoms. The Morgan fingerprint density at radius 1 is 0.927 bits per heavy atom. The third-order valence-corrected chi connectivity index (χ3v) is 8.36. The van der Waals surface area contributed by atoms with E-state index in [0.29, 0.717) is 11.4 Å². The van der Waals surface area contributed by atoms with E-state index in [0.717, 1.165) is 39.2 Å². The van der Waals surface area contributed by atoms with E-state index in [9.17, 15) is 18.0 Å². The van der Waals surface area contributed by atoms with Crippen molar-refractivity contribution in [1.82, 2.24) is 10.2 Å². The average molecular weight is 580 g/mol. The van der Waals surface area contributed by atoms with Gasteiger partial charge in [0, 0.05) is 19.0 Å². The minimum absolute atomic E-state index is 0.0893. The highest BCUT2D eigenvalue weighted by Crippen LogP contribution is 2.23. The summed E-state index contributed by atoms with van der Waals surface area (Å²) in [7, 11) is -2.26. The first kappa shape index (κ1) is 31.7. The van der Waals surface area contributed by atoms with Gasteiger partial charge in [0.15, 0.2) is 0 Å².